The maximum atomic E-state index is 13.3. The summed E-state index contributed by atoms with van der Waals surface area (Å²) in [7, 11) is 1.99. The van der Waals surface area contributed by atoms with Gasteiger partial charge in [0.1, 0.15) is 12.3 Å². The lowest BCUT2D eigenvalue weighted by Crippen LogP contribution is -2.44. The van der Waals surface area contributed by atoms with E-state index in [-0.39, 0.29) is 17.4 Å². The number of hydrogen-bond donors (Lipinski definition) is 2. The SMILES string of the molecule is CN(c1ccc(C(C)(C)C)cc1)C(C(=O)NC1CCCCC1)c1cccnc1.N#CC1(O)CCCC1C=O. The van der Waals surface area contributed by atoms with Gasteiger partial charge in [0, 0.05) is 36.7 Å². The minimum absolute atomic E-state index is 0.0577. The first-order valence-corrected chi connectivity index (χ1v) is 13.7. The third-order valence-corrected chi connectivity index (χ3v) is 7.77. The van der Waals surface area contributed by atoms with Crippen molar-refractivity contribution in [2.45, 2.75) is 95.2 Å². The number of aromatic nitrogens is 1. The number of aldehydes is 1. The fourth-order valence-corrected chi connectivity index (χ4v) is 5.30. The summed E-state index contributed by atoms with van der Waals surface area (Å²) in [5.41, 5.74) is 1.98. The molecule has 2 aliphatic rings. The van der Waals surface area contributed by atoms with Crippen LogP contribution in [0.4, 0.5) is 5.69 Å². The van der Waals surface area contributed by atoms with Crippen molar-refractivity contribution in [1.29, 1.82) is 5.26 Å². The number of pyridine rings is 1. The first-order valence-electron chi connectivity index (χ1n) is 13.7. The number of rotatable bonds is 6. The van der Waals surface area contributed by atoms with E-state index in [4.69, 9.17) is 5.26 Å². The van der Waals surface area contributed by atoms with Gasteiger partial charge in [-0.15, -0.1) is 0 Å². The summed E-state index contributed by atoms with van der Waals surface area (Å²) < 4.78 is 0. The molecule has 2 saturated carbocycles. The average molecular weight is 519 g/mol. The van der Waals surface area contributed by atoms with Gasteiger partial charge in [-0.25, -0.2) is 0 Å². The van der Waals surface area contributed by atoms with Crippen molar-refractivity contribution in [2.75, 3.05) is 11.9 Å². The Labute approximate surface area is 227 Å². The molecular weight excluding hydrogens is 476 g/mol. The van der Waals surface area contributed by atoms with E-state index in [1.54, 1.807) is 18.5 Å². The number of hydrogen-bond acceptors (Lipinski definition) is 6. The Morgan fingerprint density at radius 2 is 1.84 bits per heavy atom. The second-order valence-corrected chi connectivity index (χ2v) is 11.6. The zero-order valence-corrected chi connectivity index (χ0v) is 23.2. The minimum atomic E-state index is -1.36. The number of benzene rings is 1. The van der Waals surface area contributed by atoms with Gasteiger partial charge in [-0.1, -0.05) is 58.2 Å². The molecule has 1 aromatic heterocycles. The van der Waals surface area contributed by atoms with Crippen LogP contribution >= 0.6 is 0 Å². The second kappa shape index (κ2) is 13.0. The van der Waals surface area contributed by atoms with Gasteiger partial charge >= 0.3 is 0 Å². The van der Waals surface area contributed by atoms with E-state index in [0.717, 1.165) is 30.5 Å². The lowest BCUT2D eigenvalue weighted by molar-refractivity contribution is -0.123. The predicted octanol–water partition coefficient (Wildman–Crippen LogP) is 5.25. The monoisotopic (exact) mass is 518 g/mol. The predicted molar refractivity (Wildman–Crippen MR) is 150 cm³/mol. The van der Waals surface area contributed by atoms with E-state index in [2.05, 4.69) is 60.2 Å². The van der Waals surface area contributed by atoms with Gasteiger partial charge in [0.2, 0.25) is 5.91 Å². The number of nitriles is 1. The van der Waals surface area contributed by atoms with Gasteiger partial charge in [0.05, 0.1) is 12.0 Å². The van der Waals surface area contributed by atoms with Gasteiger partial charge in [-0.3, -0.25) is 9.78 Å². The van der Waals surface area contributed by atoms with Crippen molar-refractivity contribution >= 4 is 17.9 Å². The molecule has 0 radical (unpaired) electrons. The van der Waals surface area contributed by atoms with Crippen molar-refractivity contribution in [2.24, 2.45) is 5.92 Å². The zero-order valence-electron chi connectivity index (χ0n) is 23.2. The van der Waals surface area contributed by atoms with E-state index >= 15 is 0 Å². The molecule has 0 spiro atoms. The van der Waals surface area contributed by atoms with Gasteiger partial charge in [0.15, 0.2) is 5.60 Å². The molecule has 3 unspecified atom stereocenters. The molecule has 2 aromatic rings. The normalized spacial score (nSPS) is 22.4. The third-order valence-electron chi connectivity index (χ3n) is 7.77. The molecule has 0 aliphatic heterocycles. The van der Waals surface area contributed by atoms with E-state index in [1.807, 2.05) is 19.2 Å². The maximum Gasteiger partial charge on any atom is 0.247 e. The van der Waals surface area contributed by atoms with Crippen LogP contribution in [0.15, 0.2) is 48.8 Å². The Morgan fingerprint density at radius 1 is 1.16 bits per heavy atom. The van der Waals surface area contributed by atoms with Gasteiger partial charge in [-0.2, -0.15) is 5.26 Å². The summed E-state index contributed by atoms with van der Waals surface area (Å²) in [6.45, 7) is 6.63. The standard InChI is InChI=1S/C24H33N3O.C7H9NO2/c1-24(2,3)19-12-14-21(15-13-19)27(4)22(18-9-8-16-25-17-18)23(28)26-20-10-6-5-7-11-20;8-5-7(10)3-1-2-6(7)4-9/h8-9,12-17,20,22H,5-7,10-11H2,1-4H3,(H,26,28);4,6,10H,1-3H2. The number of likely N-dealkylation sites (N-methyl/N-ethyl adjacent to an activating group) is 1. The van der Waals surface area contributed by atoms with E-state index in [0.29, 0.717) is 19.1 Å². The summed E-state index contributed by atoms with van der Waals surface area (Å²) in [5, 5.41) is 21.1. The van der Waals surface area contributed by atoms with Crippen LogP contribution in [-0.4, -0.2) is 41.0 Å². The molecule has 2 N–H and O–H groups in total. The first-order chi connectivity index (χ1) is 18.1. The number of aliphatic hydroxyl groups is 1. The molecule has 1 aromatic carbocycles. The Kier molecular flexibility index (Phi) is 10.0. The molecule has 1 amide bonds. The topological polar surface area (TPSA) is 106 Å². The molecule has 0 saturated heterocycles. The minimum Gasteiger partial charge on any atom is -0.375 e. The molecule has 2 aliphatic carbocycles. The van der Waals surface area contributed by atoms with Crippen molar-refractivity contribution < 1.29 is 14.7 Å². The number of carbonyl (C=O) groups is 2. The largest absolute Gasteiger partial charge is 0.375 e. The third kappa shape index (κ3) is 7.41. The van der Waals surface area contributed by atoms with Gasteiger partial charge in [-0.05, 0) is 61.3 Å². The summed E-state index contributed by atoms with van der Waals surface area (Å²) in [5.74, 6) is -0.403. The first kappa shape index (κ1) is 29.3. The highest BCUT2D eigenvalue weighted by atomic mass is 16.3. The average Bonchev–Trinajstić information content (AvgIpc) is 3.31. The number of nitrogens with one attached hydrogen (secondary N) is 1. The van der Waals surface area contributed by atoms with Gasteiger partial charge < -0.3 is 20.1 Å². The van der Waals surface area contributed by atoms with Crippen LogP contribution in [0.5, 0.6) is 0 Å². The Hall–Kier alpha value is -3.24. The molecule has 2 fully saturated rings. The lowest BCUT2D eigenvalue weighted by Gasteiger charge is -2.32. The Balaban J connectivity index is 0.000000336. The maximum absolute atomic E-state index is 13.3. The van der Waals surface area contributed by atoms with E-state index in [9.17, 15) is 14.7 Å². The molecule has 3 atom stereocenters. The number of carbonyl (C=O) groups excluding carboxylic acids is 2. The molecule has 0 bridgehead atoms. The van der Waals surface area contributed by atoms with E-state index < -0.39 is 17.6 Å². The molecule has 4 rings (SSSR count). The Bertz CT molecular complexity index is 1080. The van der Waals surface area contributed by atoms with Crippen LogP contribution in [0, 0.1) is 17.2 Å². The van der Waals surface area contributed by atoms with Crippen LogP contribution in [0.2, 0.25) is 0 Å². The number of anilines is 1. The smallest absolute Gasteiger partial charge is 0.247 e. The fourth-order valence-electron chi connectivity index (χ4n) is 5.30. The quantitative estimate of drug-likeness (QED) is 0.400. The van der Waals surface area contributed by atoms with Crippen LogP contribution in [-0.2, 0) is 15.0 Å². The summed E-state index contributed by atoms with van der Waals surface area (Å²) in [6, 6.07) is 14.1. The Morgan fingerprint density at radius 3 is 2.37 bits per heavy atom. The van der Waals surface area contributed by atoms with Gasteiger partial charge in [0.25, 0.3) is 0 Å². The summed E-state index contributed by atoms with van der Waals surface area (Å²) in [4.78, 5) is 29.9. The summed E-state index contributed by atoms with van der Waals surface area (Å²) >= 11 is 0. The van der Waals surface area contributed by atoms with Crippen LogP contribution in [0.3, 0.4) is 0 Å². The van der Waals surface area contributed by atoms with Crippen LogP contribution < -0.4 is 10.2 Å². The van der Waals surface area contributed by atoms with Crippen LogP contribution in [0.25, 0.3) is 0 Å². The zero-order chi connectivity index (χ0) is 27.8. The second-order valence-electron chi connectivity index (χ2n) is 11.6. The highest BCUT2D eigenvalue weighted by Gasteiger charge is 2.41. The molecular formula is C31H42N4O3. The van der Waals surface area contributed by atoms with Crippen molar-refractivity contribution in [3.63, 3.8) is 0 Å². The number of amides is 1. The van der Waals surface area contributed by atoms with Crippen LogP contribution in [0.1, 0.15) is 89.3 Å². The summed E-state index contributed by atoms with van der Waals surface area (Å²) in [6.07, 6.45) is 11.9. The highest BCUT2D eigenvalue weighted by molar-refractivity contribution is 5.86. The molecule has 7 heteroatoms. The highest BCUT2D eigenvalue weighted by Crippen LogP contribution is 2.33. The molecule has 38 heavy (non-hydrogen) atoms. The van der Waals surface area contributed by atoms with Crippen molar-refractivity contribution in [3.8, 4) is 6.07 Å². The lowest BCUT2D eigenvalue weighted by atomic mass is 9.87. The van der Waals surface area contributed by atoms with E-state index in [1.165, 1.54) is 24.8 Å². The van der Waals surface area contributed by atoms with Crippen molar-refractivity contribution in [3.05, 3.63) is 59.9 Å². The number of nitrogens with zero attached hydrogens (tertiary/aromatic N) is 3. The molecule has 204 valence electrons. The fraction of sp³-hybridized carbons (Fsp3) is 0.548. The molecule has 7 nitrogen and oxygen atoms in total. The van der Waals surface area contributed by atoms with Crippen molar-refractivity contribution in [1.82, 2.24) is 10.3 Å². The molecule has 1 heterocycles.